The molecule has 20 heavy (non-hydrogen) atoms. The Morgan fingerprint density at radius 2 is 1.85 bits per heavy atom. The van der Waals surface area contributed by atoms with Crippen molar-refractivity contribution in [2.75, 3.05) is 6.61 Å². The number of carbonyl (C=O) groups excluding carboxylic acids is 1. The number of carboxylic acid groups (broad SMARTS) is 1. The first-order valence-corrected chi connectivity index (χ1v) is 7.47. The van der Waals surface area contributed by atoms with Crippen molar-refractivity contribution < 1.29 is 32.4 Å². The van der Waals surface area contributed by atoms with Gasteiger partial charge in [0.25, 0.3) is 10.1 Å². The summed E-state index contributed by atoms with van der Waals surface area (Å²) >= 11 is 0. The third-order valence-electron chi connectivity index (χ3n) is 2.65. The van der Waals surface area contributed by atoms with Crippen LogP contribution in [0, 0.1) is 5.41 Å². The molecule has 0 aliphatic rings. The van der Waals surface area contributed by atoms with E-state index in [9.17, 15) is 23.1 Å². The lowest BCUT2D eigenvalue weighted by Gasteiger charge is -2.27. The van der Waals surface area contributed by atoms with E-state index >= 15 is 0 Å². The zero-order valence-electron chi connectivity index (χ0n) is 11.9. The van der Waals surface area contributed by atoms with E-state index in [0.717, 1.165) is 0 Å². The number of aliphatic hydroxyl groups excluding tert-OH is 1. The average molecular weight is 311 g/mol. The second-order valence-corrected chi connectivity index (χ2v) is 6.87. The number of carboxylic acids is 1. The molecule has 0 aromatic heterocycles. The van der Waals surface area contributed by atoms with Gasteiger partial charge in [-0.1, -0.05) is 20.8 Å². The molecule has 0 aliphatic heterocycles. The van der Waals surface area contributed by atoms with Crippen molar-refractivity contribution in [1.82, 2.24) is 5.32 Å². The van der Waals surface area contributed by atoms with Crippen LogP contribution >= 0.6 is 0 Å². The summed E-state index contributed by atoms with van der Waals surface area (Å²) in [4.78, 5) is 21.6. The first-order chi connectivity index (χ1) is 8.94. The van der Waals surface area contributed by atoms with E-state index in [1.807, 2.05) is 0 Å². The first-order valence-electron chi connectivity index (χ1n) is 6.00. The molecular formula is C11H21NO7S. The van der Waals surface area contributed by atoms with Gasteiger partial charge in [-0.2, -0.15) is 8.42 Å². The van der Waals surface area contributed by atoms with Gasteiger partial charge in [0.15, 0.2) is 11.5 Å². The molecule has 9 heteroatoms. The van der Waals surface area contributed by atoms with Crippen LogP contribution in [0.15, 0.2) is 0 Å². The normalized spacial score (nSPS) is 15.4. The molecule has 0 saturated heterocycles. The number of carbonyl (C=O) groups is 2. The SMILES string of the molecule is CCC(NC(C)=O)S(=O)(=O)OCC(C)(C)[C@@H](O)C(=O)O. The van der Waals surface area contributed by atoms with Crippen molar-refractivity contribution in [3.05, 3.63) is 0 Å². The summed E-state index contributed by atoms with van der Waals surface area (Å²) < 4.78 is 28.5. The van der Waals surface area contributed by atoms with Crippen LogP contribution in [-0.4, -0.2) is 48.6 Å². The van der Waals surface area contributed by atoms with Crippen molar-refractivity contribution in [3.8, 4) is 0 Å². The minimum Gasteiger partial charge on any atom is -0.479 e. The fraction of sp³-hybridized carbons (Fsp3) is 0.818. The number of nitrogens with one attached hydrogen (secondary N) is 1. The summed E-state index contributed by atoms with van der Waals surface area (Å²) in [5.41, 5.74) is -1.30. The predicted octanol–water partition coefficient (Wildman–Crippen LogP) is -0.323. The molecule has 8 nitrogen and oxygen atoms in total. The number of aliphatic hydroxyl groups is 1. The molecule has 0 fully saturated rings. The molecule has 3 N–H and O–H groups in total. The number of hydrogen-bond donors (Lipinski definition) is 3. The van der Waals surface area contributed by atoms with Gasteiger partial charge in [0.1, 0.15) is 0 Å². The van der Waals surface area contributed by atoms with Crippen LogP contribution in [0.25, 0.3) is 0 Å². The third kappa shape index (κ3) is 5.43. The molecule has 0 aliphatic carbocycles. The van der Waals surface area contributed by atoms with Gasteiger partial charge in [-0.15, -0.1) is 0 Å². The number of aliphatic carboxylic acids is 1. The predicted molar refractivity (Wildman–Crippen MR) is 70.2 cm³/mol. The van der Waals surface area contributed by atoms with Gasteiger partial charge in [0.2, 0.25) is 5.91 Å². The highest BCUT2D eigenvalue weighted by Crippen LogP contribution is 2.23. The summed E-state index contributed by atoms with van der Waals surface area (Å²) in [5.74, 6) is -1.99. The maximum absolute atomic E-state index is 11.9. The topological polar surface area (TPSA) is 130 Å². The summed E-state index contributed by atoms with van der Waals surface area (Å²) in [6, 6.07) is 0. The summed E-state index contributed by atoms with van der Waals surface area (Å²) in [5, 5.41) is 19.2. The van der Waals surface area contributed by atoms with Gasteiger partial charge in [-0.25, -0.2) is 4.79 Å². The number of hydrogen-bond acceptors (Lipinski definition) is 6. The minimum atomic E-state index is -4.10. The van der Waals surface area contributed by atoms with Crippen LogP contribution < -0.4 is 5.32 Å². The van der Waals surface area contributed by atoms with Crippen molar-refractivity contribution in [2.45, 2.75) is 45.6 Å². The van der Waals surface area contributed by atoms with Gasteiger partial charge in [-0.3, -0.25) is 8.98 Å². The fourth-order valence-corrected chi connectivity index (χ4v) is 2.69. The van der Waals surface area contributed by atoms with Gasteiger partial charge in [0, 0.05) is 12.3 Å². The molecular weight excluding hydrogens is 290 g/mol. The second-order valence-electron chi connectivity index (χ2n) is 5.08. The third-order valence-corrected chi connectivity index (χ3v) is 4.25. The van der Waals surface area contributed by atoms with Crippen molar-refractivity contribution in [2.24, 2.45) is 5.41 Å². The highest BCUT2D eigenvalue weighted by Gasteiger charge is 2.36. The van der Waals surface area contributed by atoms with E-state index in [-0.39, 0.29) is 6.42 Å². The molecule has 0 heterocycles. The van der Waals surface area contributed by atoms with Crippen molar-refractivity contribution in [3.63, 3.8) is 0 Å². The maximum atomic E-state index is 11.9. The monoisotopic (exact) mass is 311 g/mol. The Morgan fingerprint density at radius 1 is 1.35 bits per heavy atom. The van der Waals surface area contributed by atoms with Crippen LogP contribution in [0.5, 0.6) is 0 Å². The van der Waals surface area contributed by atoms with E-state index in [1.54, 1.807) is 6.92 Å². The zero-order valence-corrected chi connectivity index (χ0v) is 12.7. The lowest BCUT2D eigenvalue weighted by molar-refractivity contribution is -0.154. The van der Waals surface area contributed by atoms with Gasteiger partial charge in [0.05, 0.1) is 6.61 Å². The van der Waals surface area contributed by atoms with E-state index < -0.39 is 45.5 Å². The minimum absolute atomic E-state index is 0.101. The smallest absolute Gasteiger partial charge is 0.333 e. The highest BCUT2D eigenvalue weighted by molar-refractivity contribution is 7.87. The Kier molecular flexibility index (Phi) is 6.59. The van der Waals surface area contributed by atoms with Crippen LogP contribution in [0.2, 0.25) is 0 Å². The zero-order chi connectivity index (χ0) is 16.1. The molecule has 1 unspecified atom stereocenters. The molecule has 0 bridgehead atoms. The standard InChI is InChI=1S/C11H21NO7S/c1-5-8(12-7(2)13)20(17,18)19-6-11(3,4)9(14)10(15)16/h8-9,14H,5-6H2,1-4H3,(H,12,13)(H,15,16)/t8?,9-/m0/s1. The summed E-state index contributed by atoms with van der Waals surface area (Å²) in [6.07, 6.45) is -1.66. The fourth-order valence-electron chi connectivity index (χ4n) is 1.33. The Labute approximate surface area is 118 Å². The Hall–Kier alpha value is -1.19. The molecule has 0 aromatic rings. The molecule has 0 saturated carbocycles. The van der Waals surface area contributed by atoms with Crippen LogP contribution in [0.4, 0.5) is 0 Å². The maximum Gasteiger partial charge on any atom is 0.333 e. The van der Waals surface area contributed by atoms with Crippen molar-refractivity contribution >= 4 is 22.0 Å². The molecule has 0 radical (unpaired) electrons. The van der Waals surface area contributed by atoms with Crippen LogP contribution in [0.1, 0.15) is 34.1 Å². The second kappa shape index (κ2) is 7.00. The van der Waals surface area contributed by atoms with Gasteiger partial charge in [-0.05, 0) is 6.42 Å². The molecule has 0 aromatic carbocycles. The van der Waals surface area contributed by atoms with E-state index in [0.29, 0.717) is 0 Å². The average Bonchev–Trinajstić information content (AvgIpc) is 2.32. The van der Waals surface area contributed by atoms with E-state index in [4.69, 9.17) is 9.29 Å². The largest absolute Gasteiger partial charge is 0.479 e. The summed E-state index contributed by atoms with van der Waals surface area (Å²) in [6.45, 7) is 4.94. The Bertz CT molecular complexity index is 457. The van der Waals surface area contributed by atoms with Gasteiger partial charge >= 0.3 is 5.97 Å². The Balaban J connectivity index is 4.85. The summed E-state index contributed by atoms with van der Waals surface area (Å²) in [7, 11) is -4.10. The lowest BCUT2D eigenvalue weighted by Crippen LogP contribution is -2.44. The van der Waals surface area contributed by atoms with Crippen LogP contribution in [0.3, 0.4) is 0 Å². The first kappa shape index (κ1) is 18.8. The molecule has 2 atom stereocenters. The molecule has 0 rings (SSSR count). The molecule has 118 valence electrons. The van der Waals surface area contributed by atoms with E-state index in [1.165, 1.54) is 20.8 Å². The molecule has 0 spiro atoms. The lowest BCUT2D eigenvalue weighted by atomic mass is 9.88. The van der Waals surface area contributed by atoms with Crippen LogP contribution in [-0.2, 0) is 23.9 Å². The van der Waals surface area contributed by atoms with Gasteiger partial charge < -0.3 is 15.5 Å². The number of rotatable bonds is 8. The Morgan fingerprint density at radius 3 is 2.20 bits per heavy atom. The van der Waals surface area contributed by atoms with Crippen molar-refractivity contribution in [1.29, 1.82) is 0 Å². The van der Waals surface area contributed by atoms with E-state index in [2.05, 4.69) is 5.32 Å². The highest BCUT2D eigenvalue weighted by atomic mass is 32.2. The molecule has 1 amide bonds. The quantitative estimate of drug-likeness (QED) is 0.523. The number of amides is 1.